The molecule has 2 heterocycles. The Labute approximate surface area is 159 Å². The molecule has 28 heavy (non-hydrogen) atoms. The first-order valence-corrected chi connectivity index (χ1v) is 8.95. The Kier molecular flexibility index (Phi) is 4.65. The molecule has 4 aromatic rings. The number of hydrogen-bond acceptors (Lipinski definition) is 4. The van der Waals surface area contributed by atoms with Crippen LogP contribution >= 0.6 is 0 Å². The quantitative estimate of drug-likeness (QED) is 0.533. The van der Waals surface area contributed by atoms with Crippen LogP contribution in [-0.2, 0) is 17.9 Å². The molecule has 0 radical (unpaired) electrons. The predicted octanol–water partition coefficient (Wildman–Crippen LogP) is 3.33. The van der Waals surface area contributed by atoms with Crippen LogP contribution in [0.1, 0.15) is 12.5 Å². The van der Waals surface area contributed by atoms with E-state index >= 15 is 0 Å². The smallest absolute Gasteiger partial charge is 0.297 e. The highest BCUT2D eigenvalue weighted by molar-refractivity contribution is 6.01. The molecule has 7 heteroatoms. The van der Waals surface area contributed by atoms with Gasteiger partial charge >= 0.3 is 0 Å². The largest absolute Gasteiger partial charge is 0.448 e. The fourth-order valence-corrected chi connectivity index (χ4v) is 3.21. The van der Waals surface area contributed by atoms with Gasteiger partial charge in [0.25, 0.3) is 5.56 Å². The van der Waals surface area contributed by atoms with Crippen LogP contribution in [0.5, 0.6) is 0 Å². The highest BCUT2D eigenvalue weighted by Crippen LogP contribution is 2.24. The highest BCUT2D eigenvalue weighted by Gasteiger charge is 2.17. The fourth-order valence-electron chi connectivity index (χ4n) is 3.21. The number of carbonyl (C=O) groups is 1. The first-order chi connectivity index (χ1) is 13.6. The minimum Gasteiger partial charge on any atom is -0.448 e. The van der Waals surface area contributed by atoms with Gasteiger partial charge in [-0.05, 0) is 36.8 Å². The summed E-state index contributed by atoms with van der Waals surface area (Å²) < 4.78 is 20.3. The zero-order valence-electron chi connectivity index (χ0n) is 15.3. The van der Waals surface area contributed by atoms with Crippen molar-refractivity contribution in [2.45, 2.75) is 20.0 Å². The lowest BCUT2D eigenvalue weighted by Crippen LogP contribution is -2.36. The Morgan fingerprint density at radius 3 is 2.82 bits per heavy atom. The number of carbonyl (C=O) groups excluding carboxylic acids is 1. The third kappa shape index (κ3) is 3.26. The molecular weight excluding hydrogens is 361 g/mol. The summed E-state index contributed by atoms with van der Waals surface area (Å²) in [7, 11) is 0. The minimum atomic E-state index is -0.406. The Morgan fingerprint density at radius 1 is 1.21 bits per heavy atom. The van der Waals surface area contributed by atoms with E-state index in [4.69, 9.17) is 4.42 Å². The van der Waals surface area contributed by atoms with Gasteiger partial charge in [-0.15, -0.1) is 0 Å². The summed E-state index contributed by atoms with van der Waals surface area (Å²) in [5, 5.41) is 0.759. The molecule has 0 bridgehead atoms. The molecule has 6 nitrogen and oxygen atoms in total. The van der Waals surface area contributed by atoms with Gasteiger partial charge in [0.1, 0.15) is 23.5 Å². The molecule has 0 atom stereocenters. The van der Waals surface area contributed by atoms with E-state index < -0.39 is 5.56 Å². The lowest BCUT2D eigenvalue weighted by molar-refractivity contribution is -0.132. The maximum absolute atomic E-state index is 13.4. The number of rotatable bonds is 5. The van der Waals surface area contributed by atoms with Crippen LogP contribution in [-0.4, -0.2) is 26.9 Å². The van der Waals surface area contributed by atoms with Gasteiger partial charge in [-0.1, -0.05) is 24.3 Å². The number of likely N-dealkylation sites (N-methyl/N-ethyl adjacent to an activating group) is 1. The third-order valence-electron chi connectivity index (χ3n) is 4.65. The molecule has 0 aliphatic rings. The fraction of sp³-hybridized carbons (Fsp3) is 0.190. The van der Waals surface area contributed by atoms with E-state index in [9.17, 15) is 14.0 Å². The van der Waals surface area contributed by atoms with Crippen LogP contribution in [0, 0.1) is 5.82 Å². The normalized spacial score (nSPS) is 11.2. The second-order valence-corrected chi connectivity index (χ2v) is 6.49. The van der Waals surface area contributed by atoms with Crippen molar-refractivity contribution in [3.63, 3.8) is 0 Å². The number of hydrogen-bond donors (Lipinski definition) is 0. The molecule has 0 fully saturated rings. The van der Waals surface area contributed by atoms with Gasteiger partial charge in [0.2, 0.25) is 11.5 Å². The summed E-state index contributed by atoms with van der Waals surface area (Å²) in [5.41, 5.74) is 1.47. The standard InChI is InChI=1S/C21H18FN3O3/c1-2-24(11-14-6-5-7-15(22)10-14)18(26)12-25-13-23-19-16-8-3-4-9-17(16)28-20(19)21(25)27/h3-10,13H,2,11-12H2,1H3. The molecule has 4 rings (SSSR count). The lowest BCUT2D eigenvalue weighted by Gasteiger charge is -2.21. The summed E-state index contributed by atoms with van der Waals surface area (Å²) in [6.45, 7) is 2.37. The average molecular weight is 379 g/mol. The van der Waals surface area contributed by atoms with Crippen LogP contribution in [0.15, 0.2) is 64.1 Å². The van der Waals surface area contributed by atoms with Crippen molar-refractivity contribution < 1.29 is 13.6 Å². The van der Waals surface area contributed by atoms with E-state index in [1.807, 2.05) is 25.1 Å². The Balaban J connectivity index is 1.61. The Bertz CT molecular complexity index is 1230. The van der Waals surface area contributed by atoms with Gasteiger partial charge in [0.05, 0.1) is 6.33 Å². The van der Waals surface area contributed by atoms with E-state index in [1.165, 1.54) is 23.0 Å². The molecule has 2 aromatic heterocycles. The highest BCUT2D eigenvalue weighted by atomic mass is 19.1. The van der Waals surface area contributed by atoms with Gasteiger partial charge in [0, 0.05) is 18.5 Å². The number of halogens is 1. The molecule has 0 N–H and O–H groups in total. The molecule has 142 valence electrons. The molecular formula is C21H18FN3O3. The van der Waals surface area contributed by atoms with E-state index in [0.29, 0.717) is 23.2 Å². The van der Waals surface area contributed by atoms with Crippen molar-refractivity contribution in [3.8, 4) is 0 Å². The van der Waals surface area contributed by atoms with Crippen LogP contribution in [0.2, 0.25) is 0 Å². The SMILES string of the molecule is CCN(Cc1cccc(F)c1)C(=O)Cn1cnc2c(oc3ccccc32)c1=O. The number of nitrogens with zero attached hydrogens (tertiary/aromatic N) is 3. The summed E-state index contributed by atoms with van der Waals surface area (Å²) in [5.74, 6) is -0.608. The molecule has 0 aliphatic carbocycles. The van der Waals surface area contributed by atoms with Gasteiger partial charge < -0.3 is 9.32 Å². The second-order valence-electron chi connectivity index (χ2n) is 6.49. The Morgan fingerprint density at radius 2 is 2.04 bits per heavy atom. The van der Waals surface area contributed by atoms with E-state index in [1.54, 1.807) is 23.1 Å². The minimum absolute atomic E-state index is 0.129. The molecule has 0 spiro atoms. The number of para-hydroxylation sites is 1. The van der Waals surface area contributed by atoms with E-state index in [2.05, 4.69) is 4.98 Å². The zero-order chi connectivity index (χ0) is 19.7. The average Bonchev–Trinajstić information content (AvgIpc) is 3.08. The monoisotopic (exact) mass is 379 g/mol. The Hall–Kier alpha value is -3.48. The topological polar surface area (TPSA) is 68.3 Å². The number of benzene rings is 2. The predicted molar refractivity (Wildman–Crippen MR) is 103 cm³/mol. The third-order valence-corrected chi connectivity index (χ3v) is 4.65. The van der Waals surface area contributed by atoms with Gasteiger partial charge in [0.15, 0.2) is 0 Å². The van der Waals surface area contributed by atoms with Crippen LogP contribution < -0.4 is 5.56 Å². The number of fused-ring (bicyclic) bond motifs is 3. The van der Waals surface area contributed by atoms with Crippen LogP contribution in [0.25, 0.3) is 22.1 Å². The van der Waals surface area contributed by atoms with Crippen molar-refractivity contribution in [1.82, 2.24) is 14.5 Å². The zero-order valence-corrected chi connectivity index (χ0v) is 15.3. The van der Waals surface area contributed by atoms with Crippen molar-refractivity contribution in [3.05, 3.63) is 76.6 Å². The first kappa shape index (κ1) is 17.9. The summed E-state index contributed by atoms with van der Waals surface area (Å²) in [4.78, 5) is 31.3. The van der Waals surface area contributed by atoms with Crippen molar-refractivity contribution in [1.29, 1.82) is 0 Å². The van der Waals surface area contributed by atoms with Gasteiger partial charge in [-0.2, -0.15) is 0 Å². The number of furan rings is 1. The maximum Gasteiger partial charge on any atom is 0.297 e. The van der Waals surface area contributed by atoms with Gasteiger partial charge in [-0.25, -0.2) is 9.37 Å². The first-order valence-electron chi connectivity index (χ1n) is 8.95. The van der Waals surface area contributed by atoms with Crippen molar-refractivity contribution in [2.24, 2.45) is 0 Å². The molecule has 2 aromatic carbocycles. The number of amides is 1. The molecule has 0 aliphatic heterocycles. The molecule has 0 unspecified atom stereocenters. The van der Waals surface area contributed by atoms with Gasteiger partial charge in [-0.3, -0.25) is 14.2 Å². The molecule has 0 saturated heterocycles. The second kappa shape index (κ2) is 7.26. The van der Waals surface area contributed by atoms with E-state index in [0.717, 1.165) is 5.39 Å². The molecule has 0 saturated carbocycles. The van der Waals surface area contributed by atoms with E-state index in [-0.39, 0.29) is 30.4 Å². The maximum atomic E-state index is 13.4. The lowest BCUT2D eigenvalue weighted by atomic mass is 10.2. The summed E-state index contributed by atoms with van der Waals surface area (Å²) in [6, 6.07) is 13.4. The summed E-state index contributed by atoms with van der Waals surface area (Å²) in [6.07, 6.45) is 1.36. The van der Waals surface area contributed by atoms with Crippen molar-refractivity contribution >= 4 is 28.0 Å². The number of aromatic nitrogens is 2. The molecule has 1 amide bonds. The summed E-state index contributed by atoms with van der Waals surface area (Å²) >= 11 is 0. The van der Waals surface area contributed by atoms with Crippen LogP contribution in [0.4, 0.5) is 4.39 Å². The van der Waals surface area contributed by atoms with Crippen molar-refractivity contribution in [2.75, 3.05) is 6.54 Å². The van der Waals surface area contributed by atoms with Crippen LogP contribution in [0.3, 0.4) is 0 Å².